The van der Waals surface area contributed by atoms with Crippen molar-refractivity contribution in [1.82, 2.24) is 16.8 Å². The monoisotopic (exact) mass is 581 g/mol. The van der Waals surface area contributed by atoms with Crippen LogP contribution in [0.4, 0.5) is 28.6 Å². The Bertz CT molecular complexity index is 871. The topological polar surface area (TPSA) is 143 Å². The Morgan fingerprint density at radius 2 is 0.789 bits per heavy atom. The third-order valence-corrected chi connectivity index (χ3v) is 5.01. The molecule has 0 aromatic heterocycles. The molecular weight excluding hydrogens is 549 g/mol. The molecule has 0 fully saturated rings. The van der Waals surface area contributed by atoms with Gasteiger partial charge in [0.1, 0.15) is 16.8 Å². The number of hydrogen-bond donors (Lipinski definition) is 0. The van der Waals surface area contributed by atoms with Crippen LogP contribution < -0.4 is 16.8 Å². The van der Waals surface area contributed by atoms with Crippen LogP contribution in [0.3, 0.4) is 0 Å². The number of hydrogen-bond acceptors (Lipinski definition) is 5. The van der Waals surface area contributed by atoms with Gasteiger partial charge in [0, 0.05) is 17.1 Å². The van der Waals surface area contributed by atoms with Crippen LogP contribution in [0, 0.1) is 14.7 Å². The van der Waals surface area contributed by atoms with Gasteiger partial charge in [0.05, 0.1) is 22.8 Å². The summed E-state index contributed by atoms with van der Waals surface area (Å²) in [6.07, 6.45) is 3.98. The first-order chi connectivity index (χ1) is 17.5. The molecular formula is C24H32BF4FeN5O3-. The molecule has 0 heterocycles. The first-order valence-electron chi connectivity index (χ1n) is 11.3. The summed E-state index contributed by atoms with van der Waals surface area (Å²) in [6, 6.07) is 13.0. The summed E-state index contributed by atoms with van der Waals surface area (Å²) in [4.78, 5) is 31.7. The van der Waals surface area contributed by atoms with Crippen LogP contribution in [0.25, 0.3) is 0 Å². The fourth-order valence-electron chi connectivity index (χ4n) is 3.21. The molecule has 211 valence electrons. The van der Waals surface area contributed by atoms with Crippen molar-refractivity contribution in [1.29, 1.82) is 0 Å². The molecule has 0 N–H and O–H groups in total. The zero-order chi connectivity index (χ0) is 29.6. The number of aryl methyl sites for hydroxylation is 4. The second kappa shape index (κ2) is 24.2. The van der Waals surface area contributed by atoms with E-state index in [0.717, 1.165) is 48.5 Å². The van der Waals surface area contributed by atoms with Crippen LogP contribution in [0.15, 0.2) is 46.4 Å². The number of nitrogens with zero attached hydrogens (tertiary/aromatic N) is 5. The van der Waals surface area contributed by atoms with Crippen molar-refractivity contribution in [2.75, 3.05) is 0 Å². The molecule has 0 spiro atoms. The van der Waals surface area contributed by atoms with E-state index < -0.39 is 7.25 Å². The van der Waals surface area contributed by atoms with Crippen molar-refractivity contribution >= 4 is 30.1 Å². The van der Waals surface area contributed by atoms with Crippen LogP contribution in [-0.2, 0) is 42.8 Å². The molecule has 14 heteroatoms. The minimum Gasteiger partial charge on any atom is -0.418 e. The van der Waals surface area contributed by atoms with Crippen LogP contribution in [0.2, 0.25) is 0 Å². The summed E-state index contributed by atoms with van der Waals surface area (Å²) in [5.74, 6) is 0. The average Bonchev–Trinajstić information content (AvgIpc) is 2.91. The Hall–Kier alpha value is -3.12. The molecule has 2 aromatic carbocycles. The number of rotatable bonds is 7. The van der Waals surface area contributed by atoms with Crippen molar-refractivity contribution in [3.8, 4) is 0 Å². The quantitative estimate of drug-likeness (QED) is 0.202. The van der Waals surface area contributed by atoms with E-state index >= 15 is 0 Å². The van der Waals surface area contributed by atoms with Gasteiger partial charge in [0.25, 0.3) is 0 Å². The molecule has 0 atom stereocenters. The largest absolute Gasteiger partial charge is 0.673 e. The fraction of sp³-hybridized carbons (Fsp3) is 0.417. The normalized spacial score (nSPS) is 10.5. The molecule has 0 saturated heterocycles. The minimum atomic E-state index is -6.00. The van der Waals surface area contributed by atoms with E-state index in [4.69, 9.17) is 41.5 Å². The maximum absolute atomic E-state index is 9.75. The molecule has 2 rings (SSSR count). The molecule has 0 aliphatic heterocycles. The second-order valence-electron chi connectivity index (χ2n) is 7.15. The van der Waals surface area contributed by atoms with E-state index in [1.807, 2.05) is 0 Å². The van der Waals surface area contributed by atoms with Gasteiger partial charge in [-0.05, 0) is 61.8 Å². The number of halogens is 4. The Kier molecular flexibility index (Phi) is 26.8. The summed E-state index contributed by atoms with van der Waals surface area (Å²) in [5.41, 5.74) is 26.7. The molecule has 0 aliphatic rings. The Morgan fingerprint density at radius 3 is 0.947 bits per heavy atom. The molecule has 2 aromatic rings. The van der Waals surface area contributed by atoms with Crippen molar-refractivity contribution in [3.05, 3.63) is 73.4 Å². The van der Waals surface area contributed by atoms with Crippen LogP contribution >= 0.6 is 0 Å². The van der Waals surface area contributed by atoms with Gasteiger partial charge in [-0.1, -0.05) is 64.1 Å². The number of para-hydroxylation sites is 2. The molecule has 8 nitrogen and oxygen atoms in total. The second-order valence-corrected chi connectivity index (χ2v) is 7.15. The first-order valence-corrected chi connectivity index (χ1v) is 11.3. The van der Waals surface area contributed by atoms with Crippen molar-refractivity contribution < 1.29 is 34.3 Å². The zero-order valence-corrected chi connectivity index (χ0v) is 23.3. The van der Waals surface area contributed by atoms with Gasteiger partial charge >= 0.3 is 7.25 Å². The summed E-state index contributed by atoms with van der Waals surface area (Å²) in [5, 5.41) is 0. The number of nitroso groups, excluding NO2 is 3. The van der Waals surface area contributed by atoms with Gasteiger partial charge in [-0.25, -0.2) is 0 Å². The standard InChI is InChI=1S/C24H32N2.BF4.Fe.3NO/c1-7-19-13-11-14-20(8-2)23(19)25-17(5)18(6)26-24-21(9-3)15-12-16-22(24)10-4;2-1(3,4)5;;3*1-2/h11-16H,7-10H2,1-6H3;;;;;/q;-1;;;;. The van der Waals surface area contributed by atoms with E-state index in [-0.39, 0.29) is 17.1 Å². The third-order valence-electron chi connectivity index (χ3n) is 5.01. The van der Waals surface area contributed by atoms with E-state index in [2.05, 4.69) is 77.9 Å². The Labute approximate surface area is 231 Å². The van der Waals surface area contributed by atoms with Crippen molar-refractivity contribution in [2.24, 2.45) is 9.98 Å². The molecule has 0 bridgehead atoms. The summed E-state index contributed by atoms with van der Waals surface area (Å²) in [7, 11) is -6.00. The molecule has 38 heavy (non-hydrogen) atoms. The predicted octanol–water partition coefficient (Wildman–Crippen LogP) is 6.78. The van der Waals surface area contributed by atoms with Crippen LogP contribution in [-0.4, -0.2) is 18.7 Å². The average molecular weight is 581 g/mol. The molecule has 0 unspecified atom stereocenters. The molecule has 3 radical (unpaired) electrons. The van der Waals surface area contributed by atoms with Crippen molar-refractivity contribution in [2.45, 2.75) is 67.2 Å². The predicted molar refractivity (Wildman–Crippen MR) is 143 cm³/mol. The van der Waals surface area contributed by atoms with Gasteiger partial charge in [0.15, 0.2) is 0 Å². The van der Waals surface area contributed by atoms with Gasteiger partial charge in [-0.2, -0.15) is 0 Å². The SMILES string of the molecule is CCc1cccc(CC)c1N=C(C)C(C)=Nc1c(CC)cccc1CC.F[B-](F)(F)F.[Fe].[N]=O.[N]=O.[N]=O. The van der Waals surface area contributed by atoms with E-state index in [1.165, 1.54) is 22.3 Å². The van der Waals surface area contributed by atoms with Crippen LogP contribution in [0.1, 0.15) is 63.8 Å². The first kappa shape index (κ1) is 42.0. The minimum absolute atomic E-state index is 0. The van der Waals surface area contributed by atoms with Crippen LogP contribution in [0.5, 0.6) is 0 Å². The smallest absolute Gasteiger partial charge is 0.418 e. The number of benzene rings is 2. The van der Waals surface area contributed by atoms with E-state index in [1.54, 1.807) is 0 Å². The summed E-state index contributed by atoms with van der Waals surface area (Å²) in [6.45, 7) is 12.9. The fourth-order valence-corrected chi connectivity index (χ4v) is 3.21. The van der Waals surface area contributed by atoms with E-state index in [9.17, 15) is 17.3 Å². The third kappa shape index (κ3) is 16.6. The maximum Gasteiger partial charge on any atom is 0.673 e. The summed E-state index contributed by atoms with van der Waals surface area (Å²) >= 11 is 0. The van der Waals surface area contributed by atoms with Gasteiger partial charge < -0.3 is 17.3 Å². The Balaban J connectivity index is -0.000000417. The molecule has 0 amide bonds. The van der Waals surface area contributed by atoms with E-state index in [0.29, 0.717) is 0 Å². The van der Waals surface area contributed by atoms with Gasteiger partial charge in [-0.15, -0.1) is 14.7 Å². The maximum atomic E-state index is 9.75. The zero-order valence-electron chi connectivity index (χ0n) is 22.2. The number of aliphatic imine (C=N–C) groups is 2. The van der Waals surface area contributed by atoms with Gasteiger partial charge in [0.2, 0.25) is 0 Å². The van der Waals surface area contributed by atoms with Crippen molar-refractivity contribution in [3.63, 3.8) is 0 Å². The molecule has 0 saturated carbocycles. The van der Waals surface area contributed by atoms with Gasteiger partial charge in [-0.3, -0.25) is 9.98 Å². The summed E-state index contributed by atoms with van der Waals surface area (Å²) < 4.78 is 39.0. The Morgan fingerprint density at radius 1 is 0.605 bits per heavy atom. The molecule has 0 aliphatic carbocycles.